The monoisotopic (exact) mass is 204 g/mol. The van der Waals surface area contributed by atoms with E-state index in [0.717, 1.165) is 18.5 Å². The van der Waals surface area contributed by atoms with Gasteiger partial charge >= 0.3 is 0 Å². The van der Waals surface area contributed by atoms with Crippen molar-refractivity contribution in [1.82, 2.24) is 14.6 Å². The van der Waals surface area contributed by atoms with Crippen LogP contribution in [0, 0.1) is 0 Å². The number of fused-ring (bicyclic) bond motifs is 1. The van der Waals surface area contributed by atoms with Crippen LogP contribution >= 0.6 is 0 Å². The fourth-order valence-electron chi connectivity index (χ4n) is 1.59. The molecule has 0 fully saturated rings. The third-order valence-electron chi connectivity index (χ3n) is 2.21. The summed E-state index contributed by atoms with van der Waals surface area (Å²) < 4.78 is 1.67. The highest BCUT2D eigenvalue weighted by atomic mass is 16.1. The summed E-state index contributed by atoms with van der Waals surface area (Å²) in [5.74, 6) is -0.496. The summed E-state index contributed by atoms with van der Waals surface area (Å²) in [7, 11) is 0. The van der Waals surface area contributed by atoms with Gasteiger partial charge in [-0.15, -0.1) is 0 Å². The Labute approximate surface area is 86.9 Å². The highest BCUT2D eigenvalue weighted by Gasteiger charge is 2.15. The second-order valence-corrected chi connectivity index (χ2v) is 3.32. The molecule has 0 aliphatic heterocycles. The SMILES string of the molecule is CCCc1c(C(N)=O)nc2cccnn12. The second kappa shape index (κ2) is 3.68. The molecule has 2 aromatic heterocycles. The lowest BCUT2D eigenvalue weighted by Gasteiger charge is -1.98. The van der Waals surface area contributed by atoms with Gasteiger partial charge in [0.2, 0.25) is 0 Å². The molecule has 2 heterocycles. The number of aromatic nitrogens is 3. The topological polar surface area (TPSA) is 73.3 Å². The molecular weight excluding hydrogens is 192 g/mol. The van der Waals surface area contributed by atoms with Crippen molar-refractivity contribution in [2.75, 3.05) is 0 Å². The third-order valence-corrected chi connectivity index (χ3v) is 2.21. The zero-order valence-corrected chi connectivity index (χ0v) is 8.47. The fourth-order valence-corrected chi connectivity index (χ4v) is 1.59. The molecule has 0 aliphatic carbocycles. The number of nitrogens with two attached hydrogens (primary N) is 1. The highest BCUT2D eigenvalue weighted by Crippen LogP contribution is 2.12. The van der Waals surface area contributed by atoms with Crippen molar-refractivity contribution in [1.29, 1.82) is 0 Å². The summed E-state index contributed by atoms with van der Waals surface area (Å²) in [5.41, 5.74) is 7.05. The maximum Gasteiger partial charge on any atom is 0.269 e. The Morgan fingerprint density at radius 2 is 2.40 bits per heavy atom. The number of aryl methyl sites for hydroxylation is 1. The van der Waals surface area contributed by atoms with Crippen molar-refractivity contribution >= 4 is 11.6 Å². The van der Waals surface area contributed by atoms with Crippen LogP contribution in [-0.2, 0) is 6.42 Å². The standard InChI is InChI=1S/C10H12N4O/c1-2-4-7-9(10(11)15)13-8-5-3-6-12-14(7)8/h3,5-6H,2,4H2,1H3,(H2,11,15). The molecule has 0 radical (unpaired) electrons. The predicted molar refractivity (Wildman–Crippen MR) is 55.5 cm³/mol. The average Bonchev–Trinajstić information content (AvgIpc) is 2.58. The normalized spacial score (nSPS) is 10.7. The van der Waals surface area contributed by atoms with Gasteiger partial charge in [0.05, 0.1) is 5.69 Å². The fraction of sp³-hybridized carbons (Fsp3) is 0.300. The van der Waals surface area contributed by atoms with Gasteiger partial charge in [-0.2, -0.15) is 5.10 Å². The number of rotatable bonds is 3. The average molecular weight is 204 g/mol. The van der Waals surface area contributed by atoms with Gasteiger partial charge < -0.3 is 5.73 Å². The van der Waals surface area contributed by atoms with Crippen LogP contribution < -0.4 is 5.73 Å². The Hall–Kier alpha value is -1.91. The molecule has 5 heteroatoms. The summed E-state index contributed by atoms with van der Waals surface area (Å²) >= 11 is 0. The lowest BCUT2D eigenvalue weighted by atomic mass is 10.2. The molecule has 0 saturated heterocycles. The molecule has 0 aromatic carbocycles. The van der Waals surface area contributed by atoms with Gasteiger partial charge in [0, 0.05) is 6.20 Å². The maximum absolute atomic E-state index is 11.2. The van der Waals surface area contributed by atoms with Gasteiger partial charge in [-0.3, -0.25) is 4.79 Å². The number of nitrogens with zero attached hydrogens (tertiary/aromatic N) is 3. The molecular formula is C10H12N4O. The van der Waals surface area contributed by atoms with E-state index >= 15 is 0 Å². The van der Waals surface area contributed by atoms with E-state index in [-0.39, 0.29) is 0 Å². The minimum Gasteiger partial charge on any atom is -0.364 e. The van der Waals surface area contributed by atoms with Crippen LogP contribution in [0.25, 0.3) is 5.65 Å². The molecule has 1 amide bonds. The smallest absolute Gasteiger partial charge is 0.269 e. The van der Waals surface area contributed by atoms with Gasteiger partial charge in [0.1, 0.15) is 0 Å². The zero-order valence-electron chi connectivity index (χ0n) is 8.47. The van der Waals surface area contributed by atoms with E-state index in [9.17, 15) is 4.79 Å². The van der Waals surface area contributed by atoms with Gasteiger partial charge in [0.25, 0.3) is 5.91 Å². The Balaban J connectivity index is 2.68. The van der Waals surface area contributed by atoms with Gasteiger partial charge in [-0.05, 0) is 18.6 Å². The van der Waals surface area contributed by atoms with Crippen LogP contribution in [0.2, 0.25) is 0 Å². The number of carbonyl (C=O) groups is 1. The zero-order chi connectivity index (χ0) is 10.8. The van der Waals surface area contributed by atoms with E-state index < -0.39 is 5.91 Å². The summed E-state index contributed by atoms with van der Waals surface area (Å²) in [6, 6.07) is 3.58. The summed E-state index contributed by atoms with van der Waals surface area (Å²) in [6.45, 7) is 2.03. The first-order valence-corrected chi connectivity index (χ1v) is 4.86. The Kier molecular flexibility index (Phi) is 2.37. The van der Waals surface area contributed by atoms with Crippen molar-refractivity contribution in [3.63, 3.8) is 0 Å². The molecule has 0 unspecified atom stereocenters. The molecule has 0 saturated carbocycles. The minimum atomic E-state index is -0.496. The van der Waals surface area contributed by atoms with Crippen LogP contribution in [0.4, 0.5) is 0 Å². The Morgan fingerprint density at radius 1 is 1.60 bits per heavy atom. The summed E-state index contributed by atoms with van der Waals surface area (Å²) in [6.07, 6.45) is 3.33. The van der Waals surface area contributed by atoms with E-state index in [2.05, 4.69) is 10.1 Å². The van der Waals surface area contributed by atoms with Crippen LogP contribution in [0.3, 0.4) is 0 Å². The first kappa shape index (κ1) is 9.64. The van der Waals surface area contributed by atoms with Crippen molar-refractivity contribution in [3.05, 3.63) is 29.7 Å². The third kappa shape index (κ3) is 1.56. The lowest BCUT2D eigenvalue weighted by molar-refractivity contribution is 0.0995. The van der Waals surface area contributed by atoms with Gasteiger partial charge in [-0.1, -0.05) is 13.3 Å². The summed E-state index contributed by atoms with van der Waals surface area (Å²) in [5, 5.41) is 4.15. The van der Waals surface area contributed by atoms with Crippen LogP contribution in [0.5, 0.6) is 0 Å². The van der Waals surface area contributed by atoms with E-state index in [0.29, 0.717) is 11.3 Å². The molecule has 0 bridgehead atoms. The minimum absolute atomic E-state index is 0.329. The van der Waals surface area contributed by atoms with Crippen LogP contribution in [0.1, 0.15) is 29.5 Å². The molecule has 0 atom stereocenters. The molecule has 0 spiro atoms. The molecule has 5 nitrogen and oxygen atoms in total. The Bertz CT molecular complexity index is 503. The van der Waals surface area contributed by atoms with Crippen molar-refractivity contribution < 1.29 is 4.79 Å². The van der Waals surface area contributed by atoms with E-state index in [1.54, 1.807) is 22.8 Å². The second-order valence-electron chi connectivity index (χ2n) is 3.32. The highest BCUT2D eigenvalue weighted by molar-refractivity contribution is 5.92. The van der Waals surface area contributed by atoms with E-state index in [4.69, 9.17) is 5.73 Å². The largest absolute Gasteiger partial charge is 0.364 e. The first-order valence-electron chi connectivity index (χ1n) is 4.86. The Morgan fingerprint density at radius 3 is 3.07 bits per heavy atom. The number of carbonyl (C=O) groups excluding carboxylic acids is 1. The van der Waals surface area contributed by atoms with Crippen LogP contribution in [0.15, 0.2) is 18.3 Å². The van der Waals surface area contributed by atoms with Crippen LogP contribution in [-0.4, -0.2) is 20.5 Å². The first-order chi connectivity index (χ1) is 7.24. The predicted octanol–water partition coefficient (Wildman–Crippen LogP) is 0.781. The van der Waals surface area contributed by atoms with E-state index in [1.165, 1.54) is 0 Å². The quantitative estimate of drug-likeness (QED) is 0.802. The number of amides is 1. The number of hydrogen-bond donors (Lipinski definition) is 1. The van der Waals surface area contributed by atoms with Crippen molar-refractivity contribution in [3.8, 4) is 0 Å². The lowest BCUT2D eigenvalue weighted by Crippen LogP contribution is -2.14. The molecule has 2 rings (SSSR count). The molecule has 78 valence electrons. The molecule has 15 heavy (non-hydrogen) atoms. The number of imidazole rings is 1. The summed E-state index contributed by atoms with van der Waals surface area (Å²) in [4.78, 5) is 15.3. The number of hydrogen-bond acceptors (Lipinski definition) is 3. The molecule has 0 aliphatic rings. The maximum atomic E-state index is 11.2. The molecule has 2 N–H and O–H groups in total. The van der Waals surface area contributed by atoms with Gasteiger partial charge in [0.15, 0.2) is 11.3 Å². The number of primary amides is 1. The van der Waals surface area contributed by atoms with Crippen molar-refractivity contribution in [2.45, 2.75) is 19.8 Å². The van der Waals surface area contributed by atoms with Gasteiger partial charge in [-0.25, -0.2) is 9.50 Å². The van der Waals surface area contributed by atoms with Crippen molar-refractivity contribution in [2.24, 2.45) is 5.73 Å². The van der Waals surface area contributed by atoms with E-state index in [1.807, 2.05) is 6.92 Å². The molecule has 2 aromatic rings.